The first-order valence-corrected chi connectivity index (χ1v) is 7.23. The Bertz CT molecular complexity index is 462. The van der Waals surface area contributed by atoms with E-state index in [1.54, 1.807) is 12.0 Å². The number of ether oxygens (including phenoxy) is 1. The maximum Gasteiger partial charge on any atom is 0.240 e. The Morgan fingerprint density at radius 3 is 2.90 bits per heavy atom. The molecular formula is C16H24N2O2. The predicted molar refractivity (Wildman–Crippen MR) is 79.7 cm³/mol. The van der Waals surface area contributed by atoms with Crippen LogP contribution in [0.3, 0.4) is 0 Å². The van der Waals surface area contributed by atoms with Crippen molar-refractivity contribution < 1.29 is 9.53 Å². The minimum absolute atomic E-state index is 0.0524. The molecule has 0 spiro atoms. The second-order valence-corrected chi connectivity index (χ2v) is 5.56. The fourth-order valence-electron chi connectivity index (χ4n) is 2.78. The molecule has 2 unspecified atom stereocenters. The summed E-state index contributed by atoms with van der Waals surface area (Å²) >= 11 is 0. The highest BCUT2D eigenvalue weighted by atomic mass is 16.5. The number of nitrogens with zero attached hydrogens (tertiary/aromatic N) is 1. The zero-order chi connectivity index (χ0) is 14.5. The maximum absolute atomic E-state index is 12.5. The van der Waals surface area contributed by atoms with Crippen molar-refractivity contribution in [1.82, 2.24) is 10.2 Å². The first kappa shape index (κ1) is 14.9. The van der Waals surface area contributed by atoms with E-state index in [2.05, 4.69) is 12.2 Å². The average molecular weight is 276 g/mol. The number of piperidine rings is 1. The Labute approximate surface area is 121 Å². The van der Waals surface area contributed by atoms with E-state index in [1.807, 2.05) is 31.3 Å². The van der Waals surface area contributed by atoms with Crippen LogP contribution in [-0.4, -0.2) is 37.6 Å². The topological polar surface area (TPSA) is 41.6 Å². The molecule has 1 saturated heterocycles. The first-order valence-electron chi connectivity index (χ1n) is 7.23. The molecule has 1 heterocycles. The van der Waals surface area contributed by atoms with Crippen LogP contribution < -0.4 is 10.1 Å². The molecule has 2 atom stereocenters. The van der Waals surface area contributed by atoms with E-state index in [0.717, 1.165) is 30.7 Å². The van der Waals surface area contributed by atoms with Crippen LogP contribution in [0.2, 0.25) is 0 Å². The van der Waals surface area contributed by atoms with Crippen LogP contribution in [0.4, 0.5) is 0 Å². The van der Waals surface area contributed by atoms with Crippen molar-refractivity contribution in [2.24, 2.45) is 5.92 Å². The van der Waals surface area contributed by atoms with E-state index in [1.165, 1.54) is 0 Å². The van der Waals surface area contributed by atoms with Crippen molar-refractivity contribution in [3.63, 3.8) is 0 Å². The van der Waals surface area contributed by atoms with Crippen LogP contribution in [0.25, 0.3) is 0 Å². The molecule has 4 heteroatoms. The Hall–Kier alpha value is -1.55. The molecule has 1 aliphatic rings. The summed E-state index contributed by atoms with van der Waals surface area (Å²) in [4.78, 5) is 14.3. The maximum atomic E-state index is 12.5. The molecule has 1 fully saturated rings. The van der Waals surface area contributed by atoms with Crippen LogP contribution in [-0.2, 0) is 11.3 Å². The average Bonchev–Trinajstić information content (AvgIpc) is 2.47. The summed E-state index contributed by atoms with van der Waals surface area (Å²) in [6.45, 7) is 3.66. The predicted octanol–water partition coefficient (Wildman–Crippen LogP) is 2.04. The van der Waals surface area contributed by atoms with E-state index in [9.17, 15) is 4.79 Å². The van der Waals surface area contributed by atoms with Crippen molar-refractivity contribution in [3.8, 4) is 5.75 Å². The summed E-state index contributed by atoms with van der Waals surface area (Å²) in [5.74, 6) is 1.40. The minimum atomic E-state index is -0.0524. The van der Waals surface area contributed by atoms with Gasteiger partial charge >= 0.3 is 0 Å². The molecule has 2 rings (SSSR count). The number of amides is 1. The smallest absolute Gasteiger partial charge is 0.240 e. The normalized spacial score (nSPS) is 22.4. The van der Waals surface area contributed by atoms with Crippen LogP contribution in [0.5, 0.6) is 5.75 Å². The van der Waals surface area contributed by atoms with E-state index < -0.39 is 0 Å². The van der Waals surface area contributed by atoms with Gasteiger partial charge in [-0.25, -0.2) is 0 Å². The Morgan fingerprint density at radius 2 is 2.20 bits per heavy atom. The molecule has 4 nitrogen and oxygen atoms in total. The lowest BCUT2D eigenvalue weighted by atomic mass is 9.92. The molecule has 1 amide bonds. The number of hydrogen-bond acceptors (Lipinski definition) is 3. The highest BCUT2D eigenvalue weighted by molar-refractivity contribution is 5.82. The van der Waals surface area contributed by atoms with Crippen LogP contribution in [0.15, 0.2) is 24.3 Å². The molecule has 1 aromatic rings. The summed E-state index contributed by atoms with van der Waals surface area (Å²) < 4.78 is 5.34. The second-order valence-electron chi connectivity index (χ2n) is 5.56. The van der Waals surface area contributed by atoms with E-state index in [0.29, 0.717) is 12.5 Å². The van der Waals surface area contributed by atoms with Crippen LogP contribution >= 0.6 is 0 Å². The summed E-state index contributed by atoms with van der Waals surface area (Å²) in [7, 11) is 3.52. The Balaban J connectivity index is 2.03. The molecular weight excluding hydrogens is 252 g/mol. The van der Waals surface area contributed by atoms with Gasteiger partial charge in [0.2, 0.25) is 5.91 Å². The van der Waals surface area contributed by atoms with Gasteiger partial charge in [0.1, 0.15) is 5.75 Å². The van der Waals surface area contributed by atoms with Crippen molar-refractivity contribution in [2.45, 2.75) is 32.4 Å². The lowest BCUT2D eigenvalue weighted by molar-refractivity contribution is -0.134. The molecule has 0 bridgehead atoms. The van der Waals surface area contributed by atoms with Gasteiger partial charge in [-0.2, -0.15) is 0 Å². The van der Waals surface area contributed by atoms with Crippen molar-refractivity contribution in [1.29, 1.82) is 0 Å². The fourth-order valence-corrected chi connectivity index (χ4v) is 2.78. The minimum Gasteiger partial charge on any atom is -0.496 e. The highest BCUT2D eigenvalue weighted by Crippen LogP contribution is 2.21. The zero-order valence-corrected chi connectivity index (χ0v) is 12.6. The summed E-state index contributed by atoms with van der Waals surface area (Å²) in [5.41, 5.74) is 1.04. The van der Waals surface area contributed by atoms with Crippen LogP contribution in [0.1, 0.15) is 25.3 Å². The molecule has 20 heavy (non-hydrogen) atoms. The summed E-state index contributed by atoms with van der Waals surface area (Å²) in [6, 6.07) is 7.78. The highest BCUT2D eigenvalue weighted by Gasteiger charge is 2.29. The number of rotatable bonds is 4. The van der Waals surface area contributed by atoms with Crippen LogP contribution in [0, 0.1) is 5.92 Å². The number of carbonyl (C=O) groups is 1. The standard InChI is InChI=1S/C16H24N2O2/c1-12-7-6-10-17-15(12)16(19)18(2)11-13-8-4-5-9-14(13)20-3/h4-5,8-9,12,15,17H,6-7,10-11H2,1-3H3. The number of carbonyl (C=O) groups excluding carboxylic acids is 1. The Morgan fingerprint density at radius 1 is 1.45 bits per heavy atom. The van der Waals surface area contributed by atoms with Gasteiger partial charge in [-0.05, 0) is 31.4 Å². The molecule has 0 aliphatic carbocycles. The van der Waals surface area contributed by atoms with Gasteiger partial charge in [-0.15, -0.1) is 0 Å². The zero-order valence-electron chi connectivity index (χ0n) is 12.6. The SMILES string of the molecule is COc1ccccc1CN(C)C(=O)C1NCCCC1C. The molecule has 0 radical (unpaired) electrons. The van der Waals surface area contributed by atoms with Gasteiger partial charge in [0.05, 0.1) is 13.2 Å². The van der Waals surface area contributed by atoms with Crippen molar-refractivity contribution >= 4 is 5.91 Å². The van der Waals surface area contributed by atoms with E-state index in [-0.39, 0.29) is 11.9 Å². The summed E-state index contributed by atoms with van der Waals surface area (Å²) in [5, 5.41) is 3.34. The lowest BCUT2D eigenvalue weighted by Crippen LogP contribution is -2.51. The first-order chi connectivity index (χ1) is 9.63. The monoisotopic (exact) mass is 276 g/mol. The van der Waals surface area contributed by atoms with Gasteiger partial charge in [0.15, 0.2) is 0 Å². The van der Waals surface area contributed by atoms with Gasteiger partial charge < -0.3 is 15.0 Å². The number of benzene rings is 1. The number of likely N-dealkylation sites (N-methyl/N-ethyl adjacent to an activating group) is 1. The fraction of sp³-hybridized carbons (Fsp3) is 0.562. The van der Waals surface area contributed by atoms with Gasteiger partial charge in [0, 0.05) is 19.2 Å². The van der Waals surface area contributed by atoms with Gasteiger partial charge in [-0.3, -0.25) is 4.79 Å². The molecule has 1 N–H and O–H groups in total. The van der Waals surface area contributed by atoms with Gasteiger partial charge in [-0.1, -0.05) is 25.1 Å². The van der Waals surface area contributed by atoms with Gasteiger partial charge in [0.25, 0.3) is 0 Å². The largest absolute Gasteiger partial charge is 0.496 e. The number of para-hydroxylation sites is 1. The molecule has 1 aliphatic heterocycles. The number of nitrogens with one attached hydrogen (secondary N) is 1. The lowest BCUT2D eigenvalue weighted by Gasteiger charge is -2.32. The third kappa shape index (κ3) is 3.31. The van der Waals surface area contributed by atoms with Crippen molar-refractivity contribution in [2.75, 3.05) is 20.7 Å². The molecule has 0 aromatic heterocycles. The number of methoxy groups -OCH3 is 1. The van der Waals surface area contributed by atoms with E-state index in [4.69, 9.17) is 4.74 Å². The van der Waals surface area contributed by atoms with E-state index >= 15 is 0 Å². The third-order valence-electron chi connectivity index (χ3n) is 4.01. The number of hydrogen-bond donors (Lipinski definition) is 1. The third-order valence-corrected chi connectivity index (χ3v) is 4.01. The molecule has 1 aromatic carbocycles. The second kappa shape index (κ2) is 6.75. The van der Waals surface area contributed by atoms with Crippen molar-refractivity contribution in [3.05, 3.63) is 29.8 Å². The Kier molecular flexibility index (Phi) is 5.01. The molecule has 0 saturated carbocycles. The molecule has 110 valence electrons. The summed E-state index contributed by atoms with van der Waals surface area (Å²) in [6.07, 6.45) is 2.27. The quantitative estimate of drug-likeness (QED) is 0.915.